The summed E-state index contributed by atoms with van der Waals surface area (Å²) in [5, 5.41) is 1.05. The van der Waals surface area contributed by atoms with Gasteiger partial charge in [0.1, 0.15) is 22.3 Å². The summed E-state index contributed by atoms with van der Waals surface area (Å²) < 4.78 is 16.1. The molecule has 0 spiro atoms. The van der Waals surface area contributed by atoms with Gasteiger partial charge in [0.2, 0.25) is 0 Å². The van der Waals surface area contributed by atoms with E-state index >= 15 is 0 Å². The minimum atomic E-state index is -0.0901. The lowest BCUT2D eigenvalue weighted by atomic mass is 10.2. The first-order valence-electron chi connectivity index (χ1n) is 9.29. The summed E-state index contributed by atoms with van der Waals surface area (Å²) in [5.74, 6) is 1.26. The van der Waals surface area contributed by atoms with Crippen molar-refractivity contribution in [2.45, 2.75) is 6.54 Å². The number of methoxy groups -OCH3 is 2. The number of hydrogen-bond donors (Lipinski definition) is 0. The number of hydrogen-bond acceptors (Lipinski definition) is 5. The van der Waals surface area contributed by atoms with Crippen molar-refractivity contribution in [1.29, 1.82) is 0 Å². The van der Waals surface area contributed by atoms with Gasteiger partial charge >= 0.3 is 0 Å². The van der Waals surface area contributed by atoms with Crippen molar-refractivity contribution in [3.63, 3.8) is 0 Å². The minimum absolute atomic E-state index is 0.0750. The first-order valence-corrected chi connectivity index (χ1v) is 10.0. The van der Waals surface area contributed by atoms with Gasteiger partial charge in [-0.15, -0.1) is 0 Å². The number of piperazine rings is 1. The van der Waals surface area contributed by atoms with Crippen LogP contribution >= 0.6 is 23.2 Å². The quantitative estimate of drug-likeness (QED) is 0.658. The van der Waals surface area contributed by atoms with Crippen molar-refractivity contribution in [2.24, 2.45) is 0 Å². The van der Waals surface area contributed by atoms with Crippen molar-refractivity contribution >= 4 is 29.1 Å². The van der Waals surface area contributed by atoms with E-state index in [1.54, 1.807) is 19.2 Å². The first kappa shape index (κ1) is 21.6. The van der Waals surface area contributed by atoms with E-state index in [1.165, 1.54) is 12.7 Å². The molecule has 0 aliphatic carbocycles. The highest BCUT2D eigenvalue weighted by atomic mass is 35.5. The average Bonchev–Trinajstić information content (AvgIpc) is 2.75. The minimum Gasteiger partial charge on any atom is -0.496 e. The maximum absolute atomic E-state index is 12.6. The van der Waals surface area contributed by atoms with Crippen molar-refractivity contribution in [1.82, 2.24) is 9.80 Å². The molecule has 0 atom stereocenters. The maximum Gasteiger partial charge on any atom is 0.260 e. The molecule has 6 nitrogen and oxygen atoms in total. The fourth-order valence-corrected chi connectivity index (χ4v) is 3.52. The van der Waals surface area contributed by atoms with Crippen LogP contribution in [0.1, 0.15) is 5.56 Å². The van der Waals surface area contributed by atoms with Gasteiger partial charge in [0.15, 0.2) is 6.61 Å². The molecule has 0 N–H and O–H groups in total. The lowest BCUT2D eigenvalue weighted by molar-refractivity contribution is -0.135. The zero-order valence-electron chi connectivity index (χ0n) is 16.5. The van der Waals surface area contributed by atoms with Gasteiger partial charge < -0.3 is 19.1 Å². The second-order valence-corrected chi connectivity index (χ2v) is 7.53. The second kappa shape index (κ2) is 10.1. The molecule has 1 amide bonds. The summed E-state index contributed by atoms with van der Waals surface area (Å²) in [4.78, 5) is 16.7. The number of halogens is 2. The highest BCUT2D eigenvalue weighted by Crippen LogP contribution is 2.38. The number of rotatable bonds is 7. The zero-order valence-corrected chi connectivity index (χ0v) is 18.0. The maximum atomic E-state index is 12.6. The van der Waals surface area contributed by atoms with Crippen LogP contribution in [0.5, 0.6) is 17.2 Å². The van der Waals surface area contributed by atoms with E-state index in [9.17, 15) is 4.79 Å². The normalized spacial score (nSPS) is 14.6. The summed E-state index contributed by atoms with van der Waals surface area (Å²) in [6.07, 6.45) is 0. The molecule has 1 aliphatic heterocycles. The van der Waals surface area contributed by atoms with Gasteiger partial charge in [-0.25, -0.2) is 0 Å². The molecule has 0 bridgehead atoms. The molecule has 0 aromatic heterocycles. The molecule has 156 valence electrons. The average molecular weight is 439 g/mol. The zero-order chi connectivity index (χ0) is 20.8. The van der Waals surface area contributed by atoms with Crippen LogP contribution in [-0.2, 0) is 11.3 Å². The van der Waals surface area contributed by atoms with Crippen LogP contribution in [0.4, 0.5) is 0 Å². The van der Waals surface area contributed by atoms with Crippen molar-refractivity contribution in [3.05, 3.63) is 52.0 Å². The standard InChI is InChI=1S/C21H24Cl2N2O4/c1-27-17-11-18(28-2)21(23)19(12-17)29-14-20(26)25-9-7-24(8-10-25)13-15-3-5-16(22)6-4-15/h3-6,11-12H,7-10,13-14H2,1-2H3. The molecule has 1 heterocycles. The monoisotopic (exact) mass is 438 g/mol. The van der Waals surface area contributed by atoms with E-state index in [-0.39, 0.29) is 12.5 Å². The van der Waals surface area contributed by atoms with Gasteiger partial charge in [0, 0.05) is 49.9 Å². The van der Waals surface area contributed by atoms with E-state index in [0.29, 0.717) is 35.4 Å². The van der Waals surface area contributed by atoms with Crippen LogP contribution in [-0.4, -0.2) is 62.7 Å². The second-order valence-electron chi connectivity index (χ2n) is 6.71. The smallest absolute Gasteiger partial charge is 0.260 e. The number of carbonyl (C=O) groups is 1. The van der Waals surface area contributed by atoms with Crippen molar-refractivity contribution in [2.75, 3.05) is 47.0 Å². The van der Waals surface area contributed by atoms with Gasteiger partial charge in [0.25, 0.3) is 5.91 Å². The summed E-state index contributed by atoms with van der Waals surface area (Å²) in [7, 11) is 3.06. The molecule has 2 aromatic carbocycles. The Morgan fingerprint density at radius 2 is 1.62 bits per heavy atom. The molecule has 3 rings (SSSR count). The number of nitrogens with zero attached hydrogens (tertiary/aromatic N) is 2. The van der Waals surface area contributed by atoms with E-state index in [4.69, 9.17) is 37.4 Å². The molecule has 2 aromatic rings. The van der Waals surface area contributed by atoms with Gasteiger partial charge in [-0.3, -0.25) is 9.69 Å². The third-order valence-corrected chi connectivity index (χ3v) is 5.46. The van der Waals surface area contributed by atoms with Gasteiger partial charge in [-0.1, -0.05) is 35.3 Å². The molecule has 0 unspecified atom stereocenters. The topological polar surface area (TPSA) is 51.2 Å². The molecule has 0 saturated carbocycles. The fourth-order valence-electron chi connectivity index (χ4n) is 3.15. The van der Waals surface area contributed by atoms with E-state index in [1.807, 2.05) is 29.2 Å². The summed E-state index contributed by atoms with van der Waals surface area (Å²) >= 11 is 12.2. The van der Waals surface area contributed by atoms with Crippen molar-refractivity contribution in [3.8, 4) is 17.2 Å². The highest BCUT2D eigenvalue weighted by molar-refractivity contribution is 6.33. The van der Waals surface area contributed by atoms with Crippen LogP contribution in [0.25, 0.3) is 0 Å². The molecule has 1 saturated heterocycles. The number of carbonyl (C=O) groups excluding carboxylic acids is 1. The number of amides is 1. The fraction of sp³-hybridized carbons (Fsp3) is 0.381. The first-order chi connectivity index (χ1) is 14.0. The summed E-state index contributed by atoms with van der Waals surface area (Å²) in [6, 6.07) is 11.2. The lowest BCUT2D eigenvalue weighted by Gasteiger charge is -2.34. The van der Waals surface area contributed by atoms with Gasteiger partial charge in [-0.05, 0) is 17.7 Å². The number of ether oxygens (including phenoxy) is 3. The third-order valence-electron chi connectivity index (χ3n) is 4.83. The van der Waals surface area contributed by atoms with Crippen LogP contribution in [0.15, 0.2) is 36.4 Å². The Bertz CT molecular complexity index is 837. The largest absolute Gasteiger partial charge is 0.496 e. The van der Waals surface area contributed by atoms with E-state index < -0.39 is 0 Å². The Kier molecular flexibility index (Phi) is 7.47. The molecule has 1 aliphatic rings. The van der Waals surface area contributed by atoms with Crippen LogP contribution < -0.4 is 14.2 Å². The third kappa shape index (κ3) is 5.69. The Morgan fingerprint density at radius 3 is 2.24 bits per heavy atom. The molecular weight excluding hydrogens is 415 g/mol. The van der Waals surface area contributed by atoms with Crippen molar-refractivity contribution < 1.29 is 19.0 Å². The molecular formula is C21H24Cl2N2O4. The molecule has 29 heavy (non-hydrogen) atoms. The van der Waals surface area contributed by atoms with Crippen LogP contribution in [0.3, 0.4) is 0 Å². The SMILES string of the molecule is COc1cc(OC)c(Cl)c(OCC(=O)N2CCN(Cc3ccc(Cl)cc3)CC2)c1. The predicted molar refractivity (Wildman–Crippen MR) is 113 cm³/mol. The van der Waals surface area contributed by atoms with Crippen LogP contribution in [0.2, 0.25) is 10.0 Å². The summed E-state index contributed by atoms with van der Waals surface area (Å²) in [5.41, 5.74) is 1.21. The molecule has 0 radical (unpaired) electrons. The Labute approximate surface area is 180 Å². The van der Waals surface area contributed by atoms with Crippen LogP contribution in [0, 0.1) is 0 Å². The molecule has 1 fully saturated rings. The van der Waals surface area contributed by atoms with E-state index in [0.717, 1.165) is 24.7 Å². The Morgan fingerprint density at radius 1 is 0.966 bits per heavy atom. The Balaban J connectivity index is 1.50. The van der Waals surface area contributed by atoms with Gasteiger partial charge in [-0.2, -0.15) is 0 Å². The van der Waals surface area contributed by atoms with E-state index in [2.05, 4.69) is 4.90 Å². The molecule has 8 heteroatoms. The predicted octanol–water partition coefficient (Wildman–Crippen LogP) is 3.73. The highest BCUT2D eigenvalue weighted by Gasteiger charge is 2.22. The lowest BCUT2D eigenvalue weighted by Crippen LogP contribution is -2.49. The summed E-state index contributed by atoms with van der Waals surface area (Å²) in [6.45, 7) is 3.68. The van der Waals surface area contributed by atoms with Gasteiger partial charge in [0.05, 0.1) is 14.2 Å². The Hall–Kier alpha value is -2.15. The number of benzene rings is 2.